The van der Waals surface area contributed by atoms with Crippen LogP contribution in [0.3, 0.4) is 0 Å². The lowest BCUT2D eigenvalue weighted by Gasteiger charge is -2.26. The van der Waals surface area contributed by atoms with Crippen molar-refractivity contribution in [2.45, 2.75) is 0 Å². The smallest absolute Gasteiger partial charge is 0.143 e. The Labute approximate surface area is 396 Å². The number of thiophene rings is 1. The second kappa shape index (κ2) is 15.5. The molecule has 14 rings (SSSR count). The van der Waals surface area contributed by atoms with E-state index < -0.39 is 0 Å². The fourth-order valence-electron chi connectivity index (χ4n) is 10.6. The van der Waals surface area contributed by atoms with Crippen molar-refractivity contribution >= 4 is 103 Å². The van der Waals surface area contributed by atoms with Gasteiger partial charge in [0.05, 0.1) is 11.0 Å². The van der Waals surface area contributed by atoms with Gasteiger partial charge in [0.15, 0.2) is 0 Å². The minimum atomic E-state index is 0.887. The topological polar surface area (TPSA) is 21.3 Å². The summed E-state index contributed by atoms with van der Waals surface area (Å²) in [6.45, 7) is 0. The third kappa shape index (κ3) is 6.12. The number of nitrogens with zero attached hydrogens (tertiary/aromatic N) is 2. The van der Waals surface area contributed by atoms with E-state index in [-0.39, 0.29) is 0 Å². The maximum absolute atomic E-state index is 6.64. The Kier molecular flexibility index (Phi) is 8.76. The number of anilines is 3. The van der Waals surface area contributed by atoms with Gasteiger partial charge in [0.2, 0.25) is 0 Å². The second-order valence-corrected chi connectivity index (χ2v) is 18.7. The van der Waals surface area contributed by atoms with Gasteiger partial charge in [-0.2, -0.15) is 0 Å². The van der Waals surface area contributed by atoms with Crippen LogP contribution in [-0.2, 0) is 0 Å². The number of hydrogen-bond acceptors (Lipinski definition) is 3. The summed E-state index contributed by atoms with van der Waals surface area (Å²) in [5.41, 5.74) is 15.6. The van der Waals surface area contributed by atoms with Gasteiger partial charge in [0.25, 0.3) is 0 Å². The van der Waals surface area contributed by atoms with Crippen molar-refractivity contribution in [3.8, 4) is 39.1 Å². The van der Waals surface area contributed by atoms with E-state index in [0.717, 1.165) is 72.3 Å². The molecule has 0 fully saturated rings. The average Bonchev–Trinajstić information content (AvgIpc) is 4.10. The molecule has 0 aliphatic rings. The number of para-hydroxylation sites is 2. The highest BCUT2D eigenvalue weighted by Crippen LogP contribution is 2.44. The normalized spacial score (nSPS) is 11.8. The number of hydrogen-bond donors (Lipinski definition) is 0. The van der Waals surface area contributed by atoms with Crippen LogP contribution in [0.4, 0.5) is 17.1 Å². The standard InChI is InChI=1S/C64H40N2OS/c1-2-18-51-42(13-1)33-38-57-62-50(22-12-27-60(62)67-63(51)57)45-15-10-16-48(40-45)65(47-36-31-43(32-37-47)52-23-11-24-56-55-21-5-8-28-61(55)68-64(52)56)46-34-29-41(30-35-46)44-14-9-17-49(39-44)66-58-25-6-3-19-53(58)54-20-4-7-26-59(54)66/h1-40H. The van der Waals surface area contributed by atoms with E-state index in [4.69, 9.17) is 4.42 Å². The van der Waals surface area contributed by atoms with Gasteiger partial charge in [-0.05, 0) is 118 Å². The summed E-state index contributed by atoms with van der Waals surface area (Å²) >= 11 is 1.87. The molecule has 3 heterocycles. The molecule has 14 aromatic rings. The SMILES string of the molecule is c1cc(-c2cccc3oc4c5ccccc5ccc4c23)cc(N(c2ccc(-c3cccc(-n4c5ccccc5c5ccccc54)c3)cc2)c2ccc(-c3cccc4c3sc3ccccc34)cc2)c1. The zero-order chi connectivity index (χ0) is 44.7. The van der Waals surface area contributed by atoms with Gasteiger partial charge in [-0.15, -0.1) is 11.3 Å². The van der Waals surface area contributed by atoms with Crippen LogP contribution in [0.5, 0.6) is 0 Å². The van der Waals surface area contributed by atoms with Gasteiger partial charge in [0.1, 0.15) is 11.2 Å². The fraction of sp³-hybridized carbons (Fsp3) is 0. The average molecular weight is 885 g/mol. The Morgan fingerprint density at radius 1 is 0.368 bits per heavy atom. The van der Waals surface area contributed by atoms with Crippen LogP contribution in [0.2, 0.25) is 0 Å². The van der Waals surface area contributed by atoms with Crippen LogP contribution in [0.1, 0.15) is 0 Å². The molecule has 0 aliphatic carbocycles. The molecule has 3 aromatic heterocycles. The van der Waals surface area contributed by atoms with E-state index in [1.54, 1.807) is 0 Å². The molecule has 0 N–H and O–H groups in total. The largest absolute Gasteiger partial charge is 0.455 e. The molecule has 0 unspecified atom stereocenters. The number of rotatable bonds is 7. The van der Waals surface area contributed by atoms with Crippen molar-refractivity contribution in [1.29, 1.82) is 0 Å². The Hall–Kier alpha value is -8.70. The summed E-state index contributed by atoms with van der Waals surface area (Å²) in [6.07, 6.45) is 0. The molecule has 0 amide bonds. The van der Waals surface area contributed by atoms with E-state index in [1.165, 1.54) is 58.5 Å². The second-order valence-electron chi connectivity index (χ2n) is 17.6. The molecule has 0 radical (unpaired) electrons. The lowest BCUT2D eigenvalue weighted by molar-refractivity contribution is 0.673. The summed E-state index contributed by atoms with van der Waals surface area (Å²) in [5, 5.41) is 9.69. The first-order chi connectivity index (χ1) is 33.7. The first-order valence-corrected chi connectivity index (χ1v) is 24.0. The van der Waals surface area contributed by atoms with Crippen LogP contribution < -0.4 is 4.90 Å². The fourth-order valence-corrected chi connectivity index (χ4v) is 11.9. The first-order valence-electron chi connectivity index (χ1n) is 23.2. The van der Waals surface area contributed by atoms with Gasteiger partial charge in [-0.1, -0.05) is 164 Å². The highest BCUT2D eigenvalue weighted by atomic mass is 32.1. The maximum Gasteiger partial charge on any atom is 0.143 e. The van der Waals surface area contributed by atoms with Crippen LogP contribution in [0.25, 0.3) is 114 Å². The molecule has 0 saturated heterocycles. The molecule has 3 nitrogen and oxygen atoms in total. The molecular weight excluding hydrogens is 845 g/mol. The van der Waals surface area contributed by atoms with Crippen molar-refractivity contribution in [1.82, 2.24) is 4.57 Å². The van der Waals surface area contributed by atoms with Crippen LogP contribution in [-0.4, -0.2) is 4.57 Å². The number of benzene rings is 11. The molecule has 0 atom stereocenters. The summed E-state index contributed by atoms with van der Waals surface area (Å²) < 4.78 is 11.7. The summed E-state index contributed by atoms with van der Waals surface area (Å²) in [4.78, 5) is 2.38. The monoisotopic (exact) mass is 884 g/mol. The molecule has 4 heteroatoms. The molecule has 11 aromatic carbocycles. The van der Waals surface area contributed by atoms with Gasteiger partial charge >= 0.3 is 0 Å². The van der Waals surface area contributed by atoms with E-state index in [1.807, 2.05) is 11.3 Å². The van der Waals surface area contributed by atoms with E-state index in [9.17, 15) is 0 Å². The number of aromatic nitrogens is 1. The van der Waals surface area contributed by atoms with Gasteiger partial charge in [0, 0.05) is 69.9 Å². The van der Waals surface area contributed by atoms with Crippen LogP contribution >= 0.6 is 11.3 Å². The first kappa shape index (κ1) is 38.6. The van der Waals surface area contributed by atoms with Crippen molar-refractivity contribution in [2.24, 2.45) is 0 Å². The Morgan fingerprint density at radius 2 is 0.985 bits per heavy atom. The van der Waals surface area contributed by atoms with Gasteiger partial charge in [-0.25, -0.2) is 0 Å². The van der Waals surface area contributed by atoms with Gasteiger partial charge < -0.3 is 13.9 Å². The third-order valence-corrected chi connectivity index (χ3v) is 15.0. The highest BCUT2D eigenvalue weighted by molar-refractivity contribution is 7.26. The molecule has 0 bridgehead atoms. The quantitative estimate of drug-likeness (QED) is 0.159. The maximum atomic E-state index is 6.64. The Balaban J connectivity index is 0.888. The minimum absolute atomic E-state index is 0.887. The molecule has 318 valence electrons. The molecule has 0 aliphatic heterocycles. The minimum Gasteiger partial charge on any atom is -0.455 e. The predicted octanol–water partition coefficient (Wildman–Crippen LogP) is 18.7. The highest BCUT2D eigenvalue weighted by Gasteiger charge is 2.19. The summed E-state index contributed by atoms with van der Waals surface area (Å²) in [7, 11) is 0. The predicted molar refractivity (Wildman–Crippen MR) is 289 cm³/mol. The van der Waals surface area contributed by atoms with Crippen molar-refractivity contribution in [3.05, 3.63) is 243 Å². The van der Waals surface area contributed by atoms with E-state index in [0.29, 0.717) is 0 Å². The zero-order valence-corrected chi connectivity index (χ0v) is 37.6. The third-order valence-electron chi connectivity index (χ3n) is 13.8. The summed E-state index contributed by atoms with van der Waals surface area (Å²) in [5.74, 6) is 0. The molecule has 0 saturated carbocycles. The summed E-state index contributed by atoms with van der Waals surface area (Å²) in [6, 6.07) is 88.1. The lowest BCUT2D eigenvalue weighted by atomic mass is 9.97. The molecular formula is C64H40N2OS. The van der Waals surface area contributed by atoms with E-state index >= 15 is 0 Å². The number of fused-ring (bicyclic) bond motifs is 11. The van der Waals surface area contributed by atoms with Crippen molar-refractivity contribution in [3.63, 3.8) is 0 Å². The zero-order valence-electron chi connectivity index (χ0n) is 36.8. The van der Waals surface area contributed by atoms with Crippen molar-refractivity contribution < 1.29 is 4.42 Å². The van der Waals surface area contributed by atoms with Gasteiger partial charge in [-0.3, -0.25) is 0 Å². The van der Waals surface area contributed by atoms with E-state index in [2.05, 4.69) is 252 Å². The molecule has 0 spiro atoms. The number of furan rings is 1. The molecule has 68 heavy (non-hydrogen) atoms. The Bertz CT molecular complexity index is 4210. The van der Waals surface area contributed by atoms with Crippen LogP contribution in [0.15, 0.2) is 247 Å². The van der Waals surface area contributed by atoms with Crippen LogP contribution in [0, 0.1) is 0 Å². The Morgan fingerprint density at radius 3 is 1.78 bits per heavy atom. The lowest BCUT2D eigenvalue weighted by Crippen LogP contribution is -2.10. The van der Waals surface area contributed by atoms with Crippen molar-refractivity contribution in [2.75, 3.05) is 4.90 Å².